The third-order valence-corrected chi connectivity index (χ3v) is 2.71. The van der Waals surface area contributed by atoms with Crippen molar-refractivity contribution in [3.05, 3.63) is 54.9 Å². The van der Waals surface area contributed by atoms with Gasteiger partial charge in [0.25, 0.3) is 0 Å². The minimum absolute atomic E-state index is 0.771. The molecular formula is C13H12N3+. The number of hydrogen-bond acceptors (Lipinski definition) is 1. The van der Waals surface area contributed by atoms with Crippen molar-refractivity contribution in [3.63, 3.8) is 0 Å². The van der Waals surface area contributed by atoms with Crippen molar-refractivity contribution >= 4 is 16.7 Å². The average Bonchev–Trinajstić information content (AvgIpc) is 2.75. The molecule has 3 heteroatoms. The van der Waals surface area contributed by atoms with Gasteiger partial charge in [-0.05, 0) is 24.3 Å². The molecule has 0 aliphatic rings. The highest BCUT2D eigenvalue weighted by molar-refractivity contribution is 5.84. The second kappa shape index (κ2) is 3.38. The first-order valence-corrected chi connectivity index (χ1v) is 5.19. The highest BCUT2D eigenvalue weighted by Crippen LogP contribution is 2.16. The number of nitrogens with two attached hydrogens (primary N) is 1. The Morgan fingerprint density at radius 3 is 2.56 bits per heavy atom. The van der Waals surface area contributed by atoms with Crippen LogP contribution >= 0.6 is 0 Å². The normalized spacial score (nSPS) is 10.8. The number of H-pyrrole nitrogens is 1. The topological polar surface area (TPSA) is 45.7 Å². The highest BCUT2D eigenvalue weighted by atomic mass is 15.1. The number of para-hydroxylation sites is 2. The molecule has 0 radical (unpaired) electrons. The summed E-state index contributed by atoms with van der Waals surface area (Å²) in [5.41, 5.74) is 9.87. The smallest absolute Gasteiger partial charge is 0.247 e. The van der Waals surface area contributed by atoms with Gasteiger partial charge in [-0.15, -0.1) is 0 Å². The van der Waals surface area contributed by atoms with E-state index in [1.54, 1.807) is 0 Å². The van der Waals surface area contributed by atoms with Gasteiger partial charge >= 0.3 is 0 Å². The fourth-order valence-corrected chi connectivity index (χ4v) is 1.92. The van der Waals surface area contributed by atoms with Gasteiger partial charge in [0.2, 0.25) is 6.33 Å². The van der Waals surface area contributed by atoms with E-state index in [9.17, 15) is 0 Å². The molecular weight excluding hydrogens is 198 g/mol. The van der Waals surface area contributed by atoms with Crippen LogP contribution < -0.4 is 10.3 Å². The van der Waals surface area contributed by atoms with Crippen LogP contribution in [0.15, 0.2) is 54.9 Å². The van der Waals surface area contributed by atoms with Gasteiger partial charge in [0, 0.05) is 0 Å². The molecule has 3 rings (SSSR count). The van der Waals surface area contributed by atoms with Crippen LogP contribution in [0.4, 0.5) is 5.69 Å². The highest BCUT2D eigenvalue weighted by Gasteiger charge is 2.12. The van der Waals surface area contributed by atoms with Crippen molar-refractivity contribution in [2.45, 2.75) is 0 Å². The van der Waals surface area contributed by atoms with Crippen molar-refractivity contribution in [1.29, 1.82) is 0 Å². The zero-order chi connectivity index (χ0) is 11.0. The Bertz CT molecular complexity index is 626. The summed E-state index contributed by atoms with van der Waals surface area (Å²) < 4.78 is 2.09. The van der Waals surface area contributed by atoms with Gasteiger partial charge in [-0.25, -0.2) is 4.98 Å². The lowest BCUT2D eigenvalue weighted by molar-refractivity contribution is -0.567. The number of fused-ring (bicyclic) bond motifs is 1. The van der Waals surface area contributed by atoms with Crippen LogP contribution in [0.1, 0.15) is 0 Å². The molecule has 0 aliphatic heterocycles. The third-order valence-electron chi connectivity index (χ3n) is 2.71. The van der Waals surface area contributed by atoms with Gasteiger partial charge in [-0.2, -0.15) is 4.57 Å². The van der Waals surface area contributed by atoms with Gasteiger partial charge in [0.05, 0.1) is 5.69 Å². The van der Waals surface area contributed by atoms with E-state index in [-0.39, 0.29) is 0 Å². The summed E-state index contributed by atoms with van der Waals surface area (Å²) >= 11 is 0. The second-order valence-electron chi connectivity index (χ2n) is 3.72. The van der Waals surface area contributed by atoms with Crippen LogP contribution in [-0.2, 0) is 0 Å². The molecule has 0 fully saturated rings. The van der Waals surface area contributed by atoms with Crippen molar-refractivity contribution in [2.75, 3.05) is 5.73 Å². The summed E-state index contributed by atoms with van der Waals surface area (Å²) in [5, 5.41) is 0. The van der Waals surface area contributed by atoms with Crippen molar-refractivity contribution in [2.24, 2.45) is 0 Å². The number of aromatic amines is 1. The van der Waals surface area contributed by atoms with Gasteiger partial charge in [-0.3, -0.25) is 0 Å². The predicted molar refractivity (Wildman–Crippen MR) is 64.2 cm³/mol. The van der Waals surface area contributed by atoms with E-state index >= 15 is 0 Å². The van der Waals surface area contributed by atoms with Crippen molar-refractivity contribution in [3.8, 4) is 5.69 Å². The largest absolute Gasteiger partial charge is 0.395 e. The number of nitrogen functional groups attached to an aromatic ring is 1. The Labute approximate surface area is 93.1 Å². The number of hydrogen-bond donors (Lipinski definition) is 2. The summed E-state index contributed by atoms with van der Waals surface area (Å²) in [6.45, 7) is 0. The Morgan fingerprint density at radius 1 is 0.938 bits per heavy atom. The molecule has 0 atom stereocenters. The number of anilines is 1. The van der Waals surface area contributed by atoms with E-state index < -0.39 is 0 Å². The number of aromatic nitrogens is 2. The first-order valence-electron chi connectivity index (χ1n) is 5.19. The zero-order valence-corrected chi connectivity index (χ0v) is 8.72. The lowest BCUT2D eigenvalue weighted by Crippen LogP contribution is -2.28. The van der Waals surface area contributed by atoms with E-state index in [2.05, 4.69) is 27.8 Å². The van der Waals surface area contributed by atoms with Crippen molar-refractivity contribution < 1.29 is 4.57 Å². The van der Waals surface area contributed by atoms with E-state index in [0.717, 1.165) is 22.4 Å². The summed E-state index contributed by atoms with van der Waals surface area (Å²) in [5.74, 6) is 0. The predicted octanol–water partition coefficient (Wildman–Crippen LogP) is 2.03. The number of nitrogens with one attached hydrogen (secondary N) is 1. The fourth-order valence-electron chi connectivity index (χ4n) is 1.92. The lowest BCUT2D eigenvalue weighted by Gasteiger charge is -1.96. The van der Waals surface area contributed by atoms with Gasteiger partial charge in [0.1, 0.15) is 5.69 Å². The quantitative estimate of drug-likeness (QED) is 0.468. The summed E-state index contributed by atoms with van der Waals surface area (Å²) in [6.07, 6.45) is 1.93. The molecule has 16 heavy (non-hydrogen) atoms. The molecule has 2 aromatic carbocycles. The van der Waals surface area contributed by atoms with Crippen molar-refractivity contribution in [1.82, 2.24) is 4.98 Å². The number of imidazole rings is 1. The van der Waals surface area contributed by atoms with Gasteiger partial charge < -0.3 is 5.73 Å². The minimum atomic E-state index is 0.771. The Hall–Kier alpha value is -2.29. The molecule has 0 bridgehead atoms. The maximum absolute atomic E-state index is 5.90. The first-order chi connectivity index (χ1) is 7.86. The summed E-state index contributed by atoms with van der Waals surface area (Å²) in [7, 11) is 0. The Kier molecular flexibility index (Phi) is 1.90. The lowest BCUT2D eigenvalue weighted by atomic mass is 10.2. The molecule has 1 heterocycles. The molecule has 3 nitrogen and oxygen atoms in total. The first kappa shape index (κ1) is 8.97. The van der Waals surface area contributed by atoms with Crippen LogP contribution in [0.3, 0.4) is 0 Å². The van der Waals surface area contributed by atoms with Crippen LogP contribution in [0.2, 0.25) is 0 Å². The molecule has 1 aromatic heterocycles. The molecule has 0 spiro atoms. The molecule has 0 aliphatic carbocycles. The van der Waals surface area contributed by atoms with E-state index in [4.69, 9.17) is 5.73 Å². The minimum Gasteiger partial charge on any atom is -0.395 e. The van der Waals surface area contributed by atoms with Crippen LogP contribution in [0.5, 0.6) is 0 Å². The standard InChI is InChI=1S/C13H11N3/c14-11-7-4-8-12-13(11)15-9-16(12)10-5-2-1-3-6-10/h1-9H,14H2/p+1. The average molecular weight is 210 g/mol. The maximum atomic E-state index is 5.90. The number of nitrogens with zero attached hydrogens (tertiary/aromatic N) is 1. The maximum Gasteiger partial charge on any atom is 0.247 e. The molecule has 0 saturated heterocycles. The van der Waals surface area contributed by atoms with E-state index in [1.807, 2.05) is 36.7 Å². The zero-order valence-electron chi connectivity index (χ0n) is 8.72. The Balaban J connectivity index is 2.30. The van der Waals surface area contributed by atoms with Crippen LogP contribution in [0.25, 0.3) is 16.7 Å². The fraction of sp³-hybridized carbons (Fsp3) is 0. The monoisotopic (exact) mass is 210 g/mol. The molecule has 0 saturated carbocycles. The molecule has 3 N–H and O–H groups in total. The summed E-state index contributed by atoms with van der Waals surface area (Å²) in [6, 6.07) is 16.1. The number of benzene rings is 2. The number of rotatable bonds is 1. The summed E-state index contributed by atoms with van der Waals surface area (Å²) in [4.78, 5) is 3.19. The molecule has 0 unspecified atom stereocenters. The van der Waals surface area contributed by atoms with Gasteiger partial charge in [-0.1, -0.05) is 24.3 Å². The van der Waals surface area contributed by atoms with E-state index in [0.29, 0.717) is 0 Å². The molecule has 3 aromatic rings. The van der Waals surface area contributed by atoms with E-state index in [1.165, 1.54) is 0 Å². The van der Waals surface area contributed by atoms with Crippen LogP contribution in [0, 0.1) is 0 Å². The Morgan fingerprint density at radius 2 is 1.75 bits per heavy atom. The second-order valence-corrected chi connectivity index (χ2v) is 3.72. The van der Waals surface area contributed by atoms with Gasteiger partial charge in [0.15, 0.2) is 11.0 Å². The molecule has 78 valence electrons. The third kappa shape index (κ3) is 1.26. The van der Waals surface area contributed by atoms with Crippen LogP contribution in [-0.4, -0.2) is 4.98 Å². The molecule has 0 amide bonds. The SMILES string of the molecule is Nc1cccc2c1[nH]c[n+]2-c1ccccc1.